The number of nitrogens with one attached hydrogen (secondary N) is 1. The molecule has 0 aromatic heterocycles. The van der Waals surface area contributed by atoms with Gasteiger partial charge in [-0.2, -0.15) is 0 Å². The van der Waals surface area contributed by atoms with Gasteiger partial charge in [-0.1, -0.05) is 77.8 Å². The van der Waals surface area contributed by atoms with Crippen LogP contribution in [0.25, 0.3) is 11.1 Å². The van der Waals surface area contributed by atoms with Crippen LogP contribution in [0.5, 0.6) is 5.75 Å². The molecule has 0 heterocycles. The summed E-state index contributed by atoms with van der Waals surface area (Å²) < 4.78 is 5.40. The van der Waals surface area contributed by atoms with Crippen molar-refractivity contribution in [2.24, 2.45) is 0 Å². The van der Waals surface area contributed by atoms with E-state index in [2.05, 4.69) is 5.32 Å². The van der Waals surface area contributed by atoms with Crippen molar-refractivity contribution >= 4 is 29.1 Å². The van der Waals surface area contributed by atoms with E-state index in [1.165, 1.54) is 0 Å². The second-order valence-electron chi connectivity index (χ2n) is 6.86. The third-order valence-corrected chi connectivity index (χ3v) is 5.03. The summed E-state index contributed by atoms with van der Waals surface area (Å²) in [6, 6.07) is 22.4. The highest BCUT2D eigenvalue weighted by Gasteiger charge is 2.24. The van der Waals surface area contributed by atoms with E-state index in [-0.39, 0.29) is 19.1 Å². The molecular weight excluding hydrogens is 409 g/mol. The molecule has 0 aliphatic heterocycles. The Balaban J connectivity index is 1.55. The van der Waals surface area contributed by atoms with E-state index in [4.69, 9.17) is 27.9 Å². The van der Waals surface area contributed by atoms with Crippen LogP contribution in [-0.4, -0.2) is 24.2 Å². The number of ether oxygens (including phenoxy) is 1. The van der Waals surface area contributed by atoms with Gasteiger partial charge in [-0.3, -0.25) is 4.79 Å². The molecule has 3 aromatic carbocycles. The molecule has 1 unspecified atom stereocenters. The van der Waals surface area contributed by atoms with Crippen LogP contribution in [0.15, 0.2) is 72.8 Å². The smallest absolute Gasteiger partial charge is 0.258 e. The highest BCUT2D eigenvalue weighted by molar-refractivity contribution is 6.35. The van der Waals surface area contributed by atoms with E-state index >= 15 is 0 Å². The third-order valence-electron chi connectivity index (χ3n) is 4.50. The Morgan fingerprint density at radius 1 is 1.00 bits per heavy atom. The Hall–Kier alpha value is -2.53. The van der Waals surface area contributed by atoms with Crippen LogP contribution >= 0.6 is 23.2 Å². The first kappa shape index (κ1) is 21.2. The van der Waals surface area contributed by atoms with E-state index in [1.807, 2.05) is 54.6 Å². The fraction of sp³-hybridized carbons (Fsp3) is 0.174. The Morgan fingerprint density at radius 2 is 1.66 bits per heavy atom. The molecule has 29 heavy (non-hydrogen) atoms. The lowest BCUT2D eigenvalue weighted by Crippen LogP contribution is -2.40. The maximum atomic E-state index is 12.1. The van der Waals surface area contributed by atoms with E-state index in [1.54, 1.807) is 25.1 Å². The summed E-state index contributed by atoms with van der Waals surface area (Å²) >= 11 is 11.9. The highest BCUT2D eigenvalue weighted by atomic mass is 35.5. The zero-order valence-electron chi connectivity index (χ0n) is 15.9. The summed E-state index contributed by atoms with van der Waals surface area (Å²) in [6.45, 7) is 1.49. The topological polar surface area (TPSA) is 58.6 Å². The molecule has 150 valence electrons. The molecule has 0 aliphatic rings. The number of hydrogen-bond acceptors (Lipinski definition) is 3. The number of hydrogen-bond donors (Lipinski definition) is 2. The fourth-order valence-corrected chi connectivity index (χ4v) is 3.27. The number of halogens is 2. The molecule has 0 saturated heterocycles. The van der Waals surface area contributed by atoms with Gasteiger partial charge in [0.2, 0.25) is 0 Å². The minimum Gasteiger partial charge on any atom is -0.482 e. The van der Waals surface area contributed by atoms with Gasteiger partial charge in [0.25, 0.3) is 5.91 Å². The van der Waals surface area contributed by atoms with Crippen molar-refractivity contribution in [2.45, 2.75) is 12.5 Å². The van der Waals surface area contributed by atoms with Crippen LogP contribution in [0, 0.1) is 0 Å². The Morgan fingerprint density at radius 3 is 2.31 bits per heavy atom. The van der Waals surface area contributed by atoms with E-state index in [0.29, 0.717) is 21.4 Å². The van der Waals surface area contributed by atoms with E-state index in [0.717, 1.165) is 11.1 Å². The Bertz CT molecular complexity index is 973. The van der Waals surface area contributed by atoms with E-state index < -0.39 is 5.60 Å². The summed E-state index contributed by atoms with van der Waals surface area (Å²) in [5, 5.41) is 14.3. The summed E-state index contributed by atoms with van der Waals surface area (Å²) in [5.74, 6) is 0.00618. The second-order valence-corrected chi connectivity index (χ2v) is 7.70. The summed E-state index contributed by atoms with van der Waals surface area (Å²) in [4.78, 5) is 12.1. The molecule has 0 fully saturated rings. The van der Waals surface area contributed by atoms with Crippen LogP contribution in [0.4, 0.5) is 0 Å². The molecule has 0 radical (unpaired) electrons. The van der Waals surface area contributed by atoms with Crippen molar-refractivity contribution in [2.75, 3.05) is 13.2 Å². The Labute approximate surface area is 180 Å². The molecule has 0 spiro atoms. The first-order valence-electron chi connectivity index (χ1n) is 9.08. The van der Waals surface area contributed by atoms with Crippen LogP contribution in [0.2, 0.25) is 10.0 Å². The van der Waals surface area contributed by atoms with Crippen molar-refractivity contribution in [3.63, 3.8) is 0 Å². The SMILES string of the molecule is CC(O)(CNC(=O)COc1ccc(Cl)cc1Cl)c1ccc(-c2ccccc2)cc1. The highest BCUT2D eigenvalue weighted by Crippen LogP contribution is 2.27. The number of benzene rings is 3. The van der Waals surface area contributed by atoms with E-state index in [9.17, 15) is 9.90 Å². The maximum Gasteiger partial charge on any atom is 0.258 e. The van der Waals surface area contributed by atoms with Gasteiger partial charge in [-0.15, -0.1) is 0 Å². The van der Waals surface area contributed by atoms with Crippen molar-refractivity contribution in [3.8, 4) is 16.9 Å². The van der Waals surface area contributed by atoms with Gasteiger partial charge in [0, 0.05) is 5.02 Å². The van der Waals surface area contributed by atoms with Gasteiger partial charge in [0.15, 0.2) is 6.61 Å². The van der Waals surface area contributed by atoms with Gasteiger partial charge in [0.05, 0.1) is 11.6 Å². The number of aliphatic hydroxyl groups is 1. The quantitative estimate of drug-likeness (QED) is 0.551. The predicted octanol–water partition coefficient (Wildman–Crippen LogP) is 5.06. The van der Waals surface area contributed by atoms with Crippen LogP contribution < -0.4 is 10.1 Å². The molecule has 2 N–H and O–H groups in total. The molecule has 0 saturated carbocycles. The normalized spacial score (nSPS) is 12.8. The van der Waals surface area contributed by atoms with Crippen molar-refractivity contribution < 1.29 is 14.6 Å². The molecule has 0 aliphatic carbocycles. The van der Waals surface area contributed by atoms with Crippen LogP contribution in [0.3, 0.4) is 0 Å². The number of carbonyl (C=O) groups excluding carboxylic acids is 1. The molecule has 1 amide bonds. The molecule has 3 rings (SSSR count). The molecule has 1 atom stereocenters. The first-order chi connectivity index (χ1) is 13.8. The fourth-order valence-electron chi connectivity index (χ4n) is 2.81. The van der Waals surface area contributed by atoms with Crippen molar-refractivity contribution in [1.29, 1.82) is 0 Å². The number of carbonyl (C=O) groups is 1. The van der Waals surface area contributed by atoms with Gasteiger partial charge in [-0.05, 0) is 41.8 Å². The molecule has 0 bridgehead atoms. The summed E-state index contributed by atoms with van der Waals surface area (Å²) in [7, 11) is 0. The molecule has 6 heteroatoms. The van der Waals surface area contributed by atoms with Crippen LogP contribution in [-0.2, 0) is 10.4 Å². The van der Waals surface area contributed by atoms with Crippen molar-refractivity contribution in [1.82, 2.24) is 5.32 Å². The first-order valence-corrected chi connectivity index (χ1v) is 9.84. The standard InChI is InChI=1S/C23H21Cl2NO3/c1-23(28,18-9-7-17(8-10-18)16-5-3-2-4-6-16)15-26-22(27)14-29-21-12-11-19(24)13-20(21)25/h2-13,28H,14-15H2,1H3,(H,26,27). The minimum atomic E-state index is -1.22. The van der Waals surface area contributed by atoms with Crippen molar-refractivity contribution in [3.05, 3.63) is 88.4 Å². The number of rotatable bonds is 7. The van der Waals surface area contributed by atoms with Gasteiger partial charge in [-0.25, -0.2) is 0 Å². The average Bonchev–Trinajstić information content (AvgIpc) is 2.72. The zero-order chi connectivity index (χ0) is 20.9. The minimum absolute atomic E-state index is 0.0498. The lowest BCUT2D eigenvalue weighted by Gasteiger charge is -2.24. The largest absolute Gasteiger partial charge is 0.482 e. The Kier molecular flexibility index (Phi) is 6.80. The second kappa shape index (κ2) is 9.31. The molecule has 4 nitrogen and oxygen atoms in total. The van der Waals surface area contributed by atoms with Gasteiger partial charge < -0.3 is 15.2 Å². The monoisotopic (exact) mass is 429 g/mol. The van der Waals surface area contributed by atoms with Gasteiger partial charge in [0.1, 0.15) is 11.4 Å². The molecular formula is C23H21Cl2NO3. The predicted molar refractivity (Wildman–Crippen MR) is 116 cm³/mol. The lowest BCUT2D eigenvalue weighted by molar-refractivity contribution is -0.124. The summed E-state index contributed by atoms with van der Waals surface area (Å²) in [6.07, 6.45) is 0. The third kappa shape index (κ3) is 5.73. The zero-order valence-corrected chi connectivity index (χ0v) is 17.4. The number of amides is 1. The average molecular weight is 430 g/mol. The van der Waals surface area contributed by atoms with Crippen LogP contribution in [0.1, 0.15) is 12.5 Å². The maximum absolute atomic E-state index is 12.1. The lowest BCUT2D eigenvalue weighted by atomic mass is 9.93. The molecule has 3 aromatic rings. The summed E-state index contributed by atoms with van der Waals surface area (Å²) in [5.41, 5.74) is 1.65. The van der Waals surface area contributed by atoms with Gasteiger partial charge >= 0.3 is 0 Å².